The summed E-state index contributed by atoms with van der Waals surface area (Å²) in [5, 5.41) is 10.3. The Morgan fingerprint density at radius 2 is 1.89 bits per heavy atom. The third kappa shape index (κ3) is 0.620. The summed E-state index contributed by atoms with van der Waals surface area (Å²) in [7, 11) is 0. The van der Waals surface area contributed by atoms with Crippen molar-refractivity contribution in [3.8, 4) is 0 Å². The Balaban J connectivity index is 3.06. The molecule has 0 aromatic rings. The zero-order valence-corrected chi connectivity index (χ0v) is 4.34. The van der Waals surface area contributed by atoms with E-state index in [0.717, 1.165) is 0 Å². The zero-order chi connectivity index (χ0) is 7.02. The molecule has 1 rings (SSSR count). The zero-order valence-electron chi connectivity index (χ0n) is 4.34. The van der Waals surface area contributed by atoms with Crippen LogP contribution in [-0.4, -0.2) is 16.9 Å². The molecule has 0 aliphatic carbocycles. The molecule has 0 aromatic heterocycles. The fourth-order valence-electron chi connectivity index (χ4n) is 0.460. The number of aliphatic hydroxyl groups is 1. The van der Waals surface area contributed by atoms with Gasteiger partial charge in [-0.2, -0.15) is 0 Å². The summed E-state index contributed by atoms with van der Waals surface area (Å²) < 4.78 is 0. The maximum absolute atomic E-state index is 10.3. The van der Waals surface area contributed by atoms with Crippen molar-refractivity contribution in [2.75, 3.05) is 0 Å². The summed E-state index contributed by atoms with van der Waals surface area (Å²) >= 11 is 0. The molecule has 0 aromatic carbocycles. The van der Waals surface area contributed by atoms with Crippen LogP contribution in [0.1, 0.15) is 0 Å². The molecular formula is C4H4N2O3. The molecule has 1 heterocycles. The van der Waals surface area contributed by atoms with Crippen LogP contribution in [0.3, 0.4) is 0 Å². The third-order valence-corrected chi connectivity index (χ3v) is 0.942. The summed E-state index contributed by atoms with van der Waals surface area (Å²) in [4.78, 5) is 20.6. The predicted molar refractivity (Wildman–Crippen MR) is 27.0 cm³/mol. The number of nitrogens with two attached hydrogens (primary N) is 1. The van der Waals surface area contributed by atoms with Crippen LogP contribution in [0, 0.1) is 0 Å². The summed E-state index contributed by atoms with van der Waals surface area (Å²) in [6.45, 7) is 0. The minimum absolute atomic E-state index is 0.417. The summed E-state index contributed by atoms with van der Waals surface area (Å²) in [5.41, 5.74) is 4.49. The molecule has 9 heavy (non-hydrogen) atoms. The van der Waals surface area contributed by atoms with Gasteiger partial charge in [0.15, 0.2) is 0 Å². The first-order valence-corrected chi connectivity index (χ1v) is 2.17. The molecule has 48 valence electrons. The standard InChI is InChI=1S/C4H4N2O3/c5-1-2(7)4(9)6-3(1)8/h(H4,5,6,7,8,9). The van der Waals surface area contributed by atoms with E-state index in [-0.39, 0.29) is 0 Å². The van der Waals surface area contributed by atoms with Gasteiger partial charge in [0.05, 0.1) is 0 Å². The van der Waals surface area contributed by atoms with Gasteiger partial charge in [0.1, 0.15) is 5.70 Å². The van der Waals surface area contributed by atoms with Crippen molar-refractivity contribution < 1.29 is 14.7 Å². The van der Waals surface area contributed by atoms with E-state index in [9.17, 15) is 9.59 Å². The van der Waals surface area contributed by atoms with Crippen molar-refractivity contribution in [2.24, 2.45) is 5.73 Å². The van der Waals surface area contributed by atoms with E-state index in [1.807, 2.05) is 0 Å². The highest BCUT2D eigenvalue weighted by molar-refractivity contribution is 6.17. The Labute approximate surface area is 50.1 Å². The molecule has 5 heteroatoms. The third-order valence-electron chi connectivity index (χ3n) is 0.942. The molecule has 2 amide bonds. The second-order valence-corrected chi connectivity index (χ2v) is 1.55. The summed E-state index contributed by atoms with van der Waals surface area (Å²) in [6, 6.07) is 0. The lowest BCUT2D eigenvalue weighted by Gasteiger charge is -1.83. The van der Waals surface area contributed by atoms with E-state index in [1.165, 1.54) is 0 Å². The highest BCUT2D eigenvalue weighted by Gasteiger charge is 2.27. The van der Waals surface area contributed by atoms with Crippen LogP contribution in [0.2, 0.25) is 0 Å². The van der Waals surface area contributed by atoms with Gasteiger partial charge < -0.3 is 10.8 Å². The van der Waals surface area contributed by atoms with Crippen LogP contribution in [-0.2, 0) is 9.59 Å². The van der Waals surface area contributed by atoms with Crippen molar-refractivity contribution in [3.05, 3.63) is 11.5 Å². The molecule has 0 saturated carbocycles. The van der Waals surface area contributed by atoms with Crippen molar-refractivity contribution in [3.63, 3.8) is 0 Å². The van der Waals surface area contributed by atoms with Gasteiger partial charge >= 0.3 is 0 Å². The van der Waals surface area contributed by atoms with Crippen LogP contribution in [0.5, 0.6) is 0 Å². The predicted octanol–water partition coefficient (Wildman–Crippen LogP) is -1.63. The van der Waals surface area contributed by atoms with Gasteiger partial charge in [0, 0.05) is 0 Å². The lowest BCUT2D eigenvalue weighted by Crippen LogP contribution is -2.24. The first-order valence-electron chi connectivity index (χ1n) is 2.17. The quantitative estimate of drug-likeness (QED) is 0.341. The lowest BCUT2D eigenvalue weighted by molar-refractivity contribution is -0.125. The van der Waals surface area contributed by atoms with Gasteiger partial charge in [-0.3, -0.25) is 14.9 Å². The first kappa shape index (κ1) is 5.61. The SMILES string of the molecule is NC1=C(O)C(=O)NC1=O. The van der Waals surface area contributed by atoms with E-state index in [1.54, 1.807) is 5.32 Å². The molecule has 0 spiro atoms. The Morgan fingerprint density at radius 3 is 2.00 bits per heavy atom. The number of carbonyl (C=O) groups is 2. The van der Waals surface area contributed by atoms with E-state index in [0.29, 0.717) is 0 Å². The minimum Gasteiger partial charge on any atom is -0.501 e. The summed E-state index contributed by atoms with van der Waals surface area (Å²) in [6.07, 6.45) is 0. The fraction of sp³-hybridized carbons (Fsp3) is 0. The Kier molecular flexibility index (Phi) is 0.921. The highest BCUT2D eigenvalue weighted by atomic mass is 16.3. The molecule has 0 unspecified atom stereocenters. The van der Waals surface area contributed by atoms with E-state index < -0.39 is 23.3 Å². The number of nitrogens with one attached hydrogen (secondary N) is 1. The number of imide groups is 1. The van der Waals surface area contributed by atoms with Crippen molar-refractivity contribution in [2.45, 2.75) is 0 Å². The molecule has 1 aliphatic rings. The van der Waals surface area contributed by atoms with Crippen molar-refractivity contribution in [1.82, 2.24) is 5.32 Å². The van der Waals surface area contributed by atoms with Crippen LogP contribution in [0.25, 0.3) is 0 Å². The summed E-state index contributed by atoms with van der Waals surface area (Å²) in [5.74, 6) is -2.27. The normalized spacial score (nSPS) is 18.7. The first-order chi connectivity index (χ1) is 4.13. The molecule has 4 N–H and O–H groups in total. The van der Waals surface area contributed by atoms with Gasteiger partial charge in [-0.15, -0.1) is 0 Å². The monoisotopic (exact) mass is 128 g/mol. The topological polar surface area (TPSA) is 92.4 Å². The smallest absolute Gasteiger partial charge is 0.295 e. The number of rotatable bonds is 0. The molecule has 5 nitrogen and oxygen atoms in total. The number of hydrogen-bond acceptors (Lipinski definition) is 4. The average molecular weight is 128 g/mol. The van der Waals surface area contributed by atoms with Crippen LogP contribution in [0.15, 0.2) is 11.5 Å². The van der Waals surface area contributed by atoms with Crippen molar-refractivity contribution in [1.29, 1.82) is 0 Å². The molecule has 0 atom stereocenters. The molecular weight excluding hydrogens is 124 g/mol. The lowest BCUT2D eigenvalue weighted by atomic mass is 10.4. The number of hydrogen-bond donors (Lipinski definition) is 3. The van der Waals surface area contributed by atoms with Crippen LogP contribution < -0.4 is 11.1 Å². The second-order valence-electron chi connectivity index (χ2n) is 1.55. The van der Waals surface area contributed by atoms with Crippen LogP contribution in [0.4, 0.5) is 0 Å². The van der Waals surface area contributed by atoms with E-state index in [2.05, 4.69) is 0 Å². The highest BCUT2D eigenvalue weighted by Crippen LogP contribution is 2.01. The van der Waals surface area contributed by atoms with Gasteiger partial charge in [0.2, 0.25) is 5.76 Å². The van der Waals surface area contributed by atoms with Gasteiger partial charge in [-0.1, -0.05) is 0 Å². The minimum atomic E-state index is -0.836. The Hall–Kier alpha value is -1.52. The molecule has 0 fully saturated rings. The Morgan fingerprint density at radius 1 is 1.33 bits per heavy atom. The molecule has 0 saturated heterocycles. The van der Waals surface area contributed by atoms with Gasteiger partial charge in [0.25, 0.3) is 11.8 Å². The molecule has 0 radical (unpaired) electrons. The maximum Gasteiger partial charge on any atom is 0.295 e. The van der Waals surface area contributed by atoms with Crippen LogP contribution >= 0.6 is 0 Å². The Bertz CT molecular complexity index is 196. The number of amides is 2. The largest absolute Gasteiger partial charge is 0.501 e. The van der Waals surface area contributed by atoms with Gasteiger partial charge in [-0.25, -0.2) is 0 Å². The van der Waals surface area contributed by atoms with E-state index >= 15 is 0 Å². The second kappa shape index (κ2) is 1.48. The fourth-order valence-corrected chi connectivity index (χ4v) is 0.460. The van der Waals surface area contributed by atoms with Crippen molar-refractivity contribution >= 4 is 11.8 Å². The number of carbonyl (C=O) groups excluding carboxylic acids is 2. The van der Waals surface area contributed by atoms with E-state index in [4.69, 9.17) is 10.8 Å². The number of aliphatic hydroxyl groups excluding tert-OH is 1. The van der Waals surface area contributed by atoms with Gasteiger partial charge in [-0.05, 0) is 0 Å². The maximum atomic E-state index is 10.3. The molecule has 0 bridgehead atoms. The average Bonchev–Trinajstić information content (AvgIpc) is 1.98. The molecule has 1 aliphatic heterocycles.